The Morgan fingerprint density at radius 2 is 1.50 bits per heavy atom. The molecule has 2 rings (SSSR count). The van der Waals surface area contributed by atoms with Gasteiger partial charge in [0.1, 0.15) is 0 Å². The lowest BCUT2D eigenvalue weighted by molar-refractivity contribution is -0.255. The Kier molecular flexibility index (Phi) is 5.24. The first-order chi connectivity index (χ1) is 10.5. The number of carbonyl (C=O) groups excluding carboxylic acids is 2. The molecule has 1 amide bonds. The maximum atomic E-state index is 12.0. The highest BCUT2D eigenvalue weighted by Gasteiger charge is 2.07. The second kappa shape index (κ2) is 7.15. The zero-order valence-electron chi connectivity index (χ0n) is 11.1. The summed E-state index contributed by atoms with van der Waals surface area (Å²) in [7, 11) is 0. The number of carboxylic acids is 1. The summed E-state index contributed by atoms with van der Waals surface area (Å²) in [5.74, 6) is -1.59. The van der Waals surface area contributed by atoms with Crippen molar-refractivity contribution < 1.29 is 14.7 Å². The van der Waals surface area contributed by atoms with E-state index in [1.807, 2.05) is 0 Å². The van der Waals surface area contributed by atoms with Gasteiger partial charge < -0.3 is 15.2 Å². The van der Waals surface area contributed by atoms with Crippen molar-refractivity contribution in [2.75, 3.05) is 5.32 Å². The molecule has 0 radical (unpaired) electrons. The lowest BCUT2D eigenvalue weighted by Crippen LogP contribution is -2.34. The maximum absolute atomic E-state index is 12.0. The second-order valence-corrected chi connectivity index (χ2v) is 5.60. The fraction of sp³-hybridized carbons (Fsp3) is 0. The number of aromatic carboxylic acids is 1. The number of halogens is 1. The molecule has 2 aromatic carbocycles. The van der Waals surface area contributed by atoms with Gasteiger partial charge in [-0.25, -0.2) is 0 Å². The molecular weight excluding hydrogens is 368 g/mol. The third kappa shape index (κ3) is 4.37. The molecule has 0 saturated heterocycles. The summed E-state index contributed by atoms with van der Waals surface area (Å²) in [5, 5.41) is 16.1. The molecule has 0 spiro atoms. The van der Waals surface area contributed by atoms with Crippen molar-refractivity contribution in [2.45, 2.75) is 0 Å². The predicted molar refractivity (Wildman–Crippen MR) is 88.6 cm³/mol. The molecule has 0 aliphatic rings. The average molecular weight is 378 g/mol. The largest absolute Gasteiger partial charge is 0.545 e. The fourth-order valence-corrected chi connectivity index (χ4v) is 2.10. The smallest absolute Gasteiger partial charge is 0.257 e. The molecule has 7 heteroatoms. The molecule has 0 unspecified atom stereocenters. The molecule has 0 bridgehead atoms. The van der Waals surface area contributed by atoms with Crippen LogP contribution in [-0.2, 0) is 0 Å². The summed E-state index contributed by atoms with van der Waals surface area (Å²) in [4.78, 5) is 22.6. The standard InChI is InChI=1S/C15H11BrN2O3S/c16-11-5-1-9(2-6-11)13(19)18-15(22)17-12-7-3-10(4-8-12)14(20)21/h1-8H,(H,20,21)(H2,17,18,19,22)/p-1. The summed E-state index contributed by atoms with van der Waals surface area (Å²) < 4.78 is 0.873. The van der Waals surface area contributed by atoms with Gasteiger partial charge >= 0.3 is 0 Å². The molecule has 2 N–H and O–H groups in total. The Labute approximate surface area is 140 Å². The van der Waals surface area contributed by atoms with Gasteiger partial charge in [-0.2, -0.15) is 0 Å². The highest BCUT2D eigenvalue weighted by molar-refractivity contribution is 9.10. The third-order valence-electron chi connectivity index (χ3n) is 2.71. The first-order valence-corrected chi connectivity index (χ1v) is 7.35. The van der Waals surface area contributed by atoms with E-state index >= 15 is 0 Å². The minimum Gasteiger partial charge on any atom is -0.545 e. The number of carbonyl (C=O) groups is 2. The summed E-state index contributed by atoms with van der Waals surface area (Å²) in [6, 6.07) is 12.7. The Bertz CT molecular complexity index is 715. The average Bonchev–Trinajstić information content (AvgIpc) is 2.48. The molecule has 0 aliphatic carbocycles. The van der Waals surface area contributed by atoms with E-state index in [2.05, 4.69) is 26.6 Å². The van der Waals surface area contributed by atoms with Crippen LogP contribution in [0.2, 0.25) is 0 Å². The van der Waals surface area contributed by atoms with Crippen LogP contribution < -0.4 is 15.7 Å². The van der Waals surface area contributed by atoms with Crippen LogP contribution in [0.25, 0.3) is 0 Å². The van der Waals surface area contributed by atoms with Gasteiger partial charge in [-0.1, -0.05) is 28.1 Å². The summed E-state index contributed by atoms with van der Waals surface area (Å²) in [6.07, 6.45) is 0. The zero-order valence-corrected chi connectivity index (χ0v) is 13.5. The van der Waals surface area contributed by atoms with Gasteiger partial charge in [-0.15, -0.1) is 0 Å². The number of thiocarbonyl (C=S) groups is 1. The van der Waals surface area contributed by atoms with Gasteiger partial charge in [-0.05, 0) is 54.2 Å². The number of rotatable bonds is 3. The molecule has 0 aliphatic heterocycles. The first kappa shape index (κ1) is 16.1. The van der Waals surface area contributed by atoms with Crippen LogP contribution in [0.15, 0.2) is 53.0 Å². The van der Waals surface area contributed by atoms with E-state index in [-0.39, 0.29) is 16.6 Å². The molecular formula is C15H10BrN2O3S-. The van der Waals surface area contributed by atoms with Crippen LogP contribution in [0, 0.1) is 0 Å². The lowest BCUT2D eigenvalue weighted by atomic mass is 10.2. The first-order valence-electron chi connectivity index (χ1n) is 6.15. The zero-order chi connectivity index (χ0) is 16.1. The van der Waals surface area contributed by atoms with E-state index in [4.69, 9.17) is 12.2 Å². The van der Waals surface area contributed by atoms with Gasteiger partial charge in [0.05, 0.1) is 5.97 Å². The van der Waals surface area contributed by atoms with Crippen LogP contribution in [0.4, 0.5) is 5.69 Å². The van der Waals surface area contributed by atoms with Crippen molar-refractivity contribution in [3.63, 3.8) is 0 Å². The lowest BCUT2D eigenvalue weighted by Gasteiger charge is -2.10. The van der Waals surface area contributed by atoms with Gasteiger partial charge in [0.2, 0.25) is 0 Å². The quantitative estimate of drug-likeness (QED) is 0.798. The molecule has 112 valence electrons. The van der Waals surface area contributed by atoms with Crippen molar-refractivity contribution in [3.8, 4) is 0 Å². The number of anilines is 1. The Morgan fingerprint density at radius 3 is 2.05 bits per heavy atom. The number of nitrogens with one attached hydrogen (secondary N) is 2. The van der Waals surface area contributed by atoms with Crippen LogP contribution >= 0.6 is 28.1 Å². The number of carboxylic acid groups (broad SMARTS) is 1. The predicted octanol–water partition coefficient (Wildman–Crippen LogP) is 1.94. The van der Waals surface area contributed by atoms with Crippen molar-refractivity contribution >= 4 is 50.8 Å². The van der Waals surface area contributed by atoms with E-state index in [0.717, 1.165) is 4.47 Å². The van der Waals surface area contributed by atoms with E-state index < -0.39 is 5.97 Å². The van der Waals surface area contributed by atoms with Crippen LogP contribution in [-0.4, -0.2) is 17.0 Å². The summed E-state index contributed by atoms with van der Waals surface area (Å²) in [6.45, 7) is 0. The third-order valence-corrected chi connectivity index (χ3v) is 3.44. The Hall–Kier alpha value is -2.25. The number of hydrogen-bond donors (Lipinski definition) is 2. The van der Waals surface area contributed by atoms with Crippen molar-refractivity contribution in [1.29, 1.82) is 0 Å². The molecule has 0 aromatic heterocycles. The molecule has 0 fully saturated rings. The minimum absolute atomic E-state index is 0.0652. The van der Waals surface area contributed by atoms with E-state index in [0.29, 0.717) is 11.3 Å². The van der Waals surface area contributed by atoms with Crippen LogP contribution in [0.5, 0.6) is 0 Å². The molecule has 0 heterocycles. The number of hydrogen-bond acceptors (Lipinski definition) is 4. The topological polar surface area (TPSA) is 81.3 Å². The van der Waals surface area contributed by atoms with Gasteiger partial charge in [0, 0.05) is 15.7 Å². The normalized spacial score (nSPS) is 9.86. The molecule has 22 heavy (non-hydrogen) atoms. The van der Waals surface area contributed by atoms with Crippen LogP contribution in [0.3, 0.4) is 0 Å². The molecule has 0 atom stereocenters. The Balaban J connectivity index is 1.96. The van der Waals surface area contributed by atoms with Crippen LogP contribution in [0.1, 0.15) is 20.7 Å². The fourth-order valence-electron chi connectivity index (χ4n) is 1.63. The Morgan fingerprint density at radius 1 is 0.955 bits per heavy atom. The summed E-state index contributed by atoms with van der Waals surface area (Å²) >= 11 is 8.33. The number of benzene rings is 2. The minimum atomic E-state index is -1.25. The highest BCUT2D eigenvalue weighted by Crippen LogP contribution is 2.11. The van der Waals surface area contributed by atoms with Crippen molar-refractivity contribution in [1.82, 2.24) is 5.32 Å². The van der Waals surface area contributed by atoms with Gasteiger partial charge in [-0.3, -0.25) is 10.1 Å². The van der Waals surface area contributed by atoms with E-state index in [9.17, 15) is 14.7 Å². The highest BCUT2D eigenvalue weighted by atomic mass is 79.9. The number of amides is 1. The monoisotopic (exact) mass is 377 g/mol. The van der Waals surface area contributed by atoms with E-state index in [1.165, 1.54) is 24.3 Å². The second-order valence-electron chi connectivity index (χ2n) is 4.28. The molecule has 2 aromatic rings. The van der Waals surface area contributed by atoms with Gasteiger partial charge in [0.15, 0.2) is 5.11 Å². The molecule has 5 nitrogen and oxygen atoms in total. The van der Waals surface area contributed by atoms with Crippen molar-refractivity contribution in [2.24, 2.45) is 0 Å². The SMILES string of the molecule is O=C([O-])c1ccc(NC(=S)NC(=O)c2ccc(Br)cc2)cc1. The maximum Gasteiger partial charge on any atom is 0.257 e. The summed E-state index contributed by atoms with van der Waals surface area (Å²) in [5.41, 5.74) is 1.10. The molecule has 0 saturated carbocycles. The van der Waals surface area contributed by atoms with Gasteiger partial charge in [0.25, 0.3) is 5.91 Å². The van der Waals surface area contributed by atoms with Crippen molar-refractivity contribution in [3.05, 3.63) is 64.1 Å². The van der Waals surface area contributed by atoms with E-state index in [1.54, 1.807) is 24.3 Å².